The maximum atomic E-state index is 12.2. The van der Waals surface area contributed by atoms with Crippen LogP contribution in [-0.4, -0.2) is 29.0 Å². The number of aromatic nitrogens is 2. The first kappa shape index (κ1) is 19.4. The highest BCUT2D eigenvalue weighted by Crippen LogP contribution is 2.19. The summed E-state index contributed by atoms with van der Waals surface area (Å²) in [6.45, 7) is 1.35. The summed E-state index contributed by atoms with van der Waals surface area (Å²) < 4.78 is 0. The highest BCUT2D eigenvalue weighted by molar-refractivity contribution is 6.30. The van der Waals surface area contributed by atoms with Crippen molar-refractivity contribution < 1.29 is 4.79 Å². The van der Waals surface area contributed by atoms with Crippen molar-refractivity contribution in [2.75, 3.05) is 18.4 Å². The van der Waals surface area contributed by atoms with E-state index >= 15 is 0 Å². The van der Waals surface area contributed by atoms with Gasteiger partial charge in [0.2, 0.25) is 5.95 Å². The van der Waals surface area contributed by atoms with E-state index in [0.29, 0.717) is 24.6 Å². The van der Waals surface area contributed by atoms with E-state index in [4.69, 9.17) is 11.6 Å². The van der Waals surface area contributed by atoms with Crippen LogP contribution in [0, 0.1) is 0 Å². The first-order valence-electron chi connectivity index (χ1n) is 9.47. The molecule has 0 unspecified atom stereocenters. The quantitative estimate of drug-likeness (QED) is 0.662. The van der Waals surface area contributed by atoms with Gasteiger partial charge in [-0.2, -0.15) is 0 Å². The number of carbonyl (C=O) groups is 1. The number of anilines is 1. The Kier molecular flexibility index (Phi) is 7.22. The minimum atomic E-state index is -0.128. The Morgan fingerprint density at radius 2 is 1.96 bits per heavy atom. The molecule has 0 saturated carbocycles. The van der Waals surface area contributed by atoms with Gasteiger partial charge in [0, 0.05) is 30.5 Å². The highest BCUT2D eigenvalue weighted by Gasteiger charge is 2.08. The second kappa shape index (κ2) is 10.1. The third kappa shape index (κ3) is 6.36. The lowest BCUT2D eigenvalue weighted by atomic mass is 9.97. The van der Waals surface area contributed by atoms with E-state index in [9.17, 15) is 4.79 Å². The van der Waals surface area contributed by atoms with Gasteiger partial charge in [0.1, 0.15) is 0 Å². The SMILES string of the molecule is O=C(NCCC1=CCCCC1)c1cnc(NCCc2cccc(Cl)c2)nc1. The Balaban J connectivity index is 1.40. The zero-order valence-electron chi connectivity index (χ0n) is 15.4. The van der Waals surface area contributed by atoms with E-state index in [1.54, 1.807) is 12.4 Å². The molecule has 0 radical (unpaired) electrons. The lowest BCUT2D eigenvalue weighted by Gasteiger charge is -2.13. The van der Waals surface area contributed by atoms with Crippen molar-refractivity contribution >= 4 is 23.5 Å². The van der Waals surface area contributed by atoms with Gasteiger partial charge in [-0.05, 0) is 56.2 Å². The van der Waals surface area contributed by atoms with Gasteiger partial charge in [0.25, 0.3) is 5.91 Å². The Morgan fingerprint density at radius 1 is 1.11 bits per heavy atom. The summed E-state index contributed by atoms with van der Waals surface area (Å²) in [6.07, 6.45) is 12.1. The van der Waals surface area contributed by atoms with Gasteiger partial charge in [-0.3, -0.25) is 4.79 Å². The molecular formula is C21H25ClN4O. The fraction of sp³-hybridized carbons (Fsp3) is 0.381. The van der Waals surface area contributed by atoms with Crippen molar-refractivity contribution in [2.45, 2.75) is 38.5 Å². The minimum Gasteiger partial charge on any atom is -0.354 e. The predicted molar refractivity (Wildman–Crippen MR) is 109 cm³/mol. The molecule has 0 atom stereocenters. The molecule has 0 bridgehead atoms. The first-order valence-corrected chi connectivity index (χ1v) is 9.85. The molecule has 27 heavy (non-hydrogen) atoms. The maximum Gasteiger partial charge on any atom is 0.254 e. The van der Waals surface area contributed by atoms with Crippen LogP contribution in [0.2, 0.25) is 5.02 Å². The van der Waals surface area contributed by atoms with Crippen LogP contribution >= 0.6 is 11.6 Å². The third-order valence-corrected chi connectivity index (χ3v) is 4.85. The lowest BCUT2D eigenvalue weighted by Crippen LogP contribution is -2.25. The number of nitrogens with one attached hydrogen (secondary N) is 2. The van der Waals surface area contributed by atoms with Crippen LogP contribution in [0.1, 0.15) is 48.0 Å². The Bertz CT molecular complexity index is 789. The van der Waals surface area contributed by atoms with Crippen molar-refractivity contribution in [3.63, 3.8) is 0 Å². The molecule has 5 nitrogen and oxygen atoms in total. The van der Waals surface area contributed by atoms with Crippen molar-refractivity contribution in [3.05, 3.63) is 64.5 Å². The maximum absolute atomic E-state index is 12.2. The van der Waals surface area contributed by atoms with Crippen LogP contribution in [0.25, 0.3) is 0 Å². The van der Waals surface area contributed by atoms with Crippen LogP contribution in [-0.2, 0) is 6.42 Å². The molecule has 0 spiro atoms. The van der Waals surface area contributed by atoms with Gasteiger partial charge in [-0.15, -0.1) is 0 Å². The van der Waals surface area contributed by atoms with Crippen molar-refractivity contribution in [1.82, 2.24) is 15.3 Å². The zero-order valence-corrected chi connectivity index (χ0v) is 16.1. The number of hydrogen-bond donors (Lipinski definition) is 2. The Morgan fingerprint density at radius 3 is 2.70 bits per heavy atom. The summed E-state index contributed by atoms with van der Waals surface area (Å²) in [4.78, 5) is 20.6. The highest BCUT2D eigenvalue weighted by atomic mass is 35.5. The monoisotopic (exact) mass is 384 g/mol. The average Bonchev–Trinajstić information content (AvgIpc) is 2.69. The second-order valence-corrected chi connectivity index (χ2v) is 7.15. The standard InChI is InChI=1S/C21H25ClN4O/c22-19-8-4-7-17(13-19)10-12-24-21-25-14-18(15-26-21)20(27)23-11-9-16-5-2-1-3-6-16/h4-5,7-8,13-15H,1-3,6,9-12H2,(H,23,27)(H,24,25,26). The summed E-state index contributed by atoms with van der Waals surface area (Å²) in [7, 11) is 0. The molecule has 0 fully saturated rings. The smallest absolute Gasteiger partial charge is 0.254 e. The average molecular weight is 385 g/mol. The molecule has 3 rings (SSSR count). The van der Waals surface area contributed by atoms with Crippen molar-refractivity contribution in [1.29, 1.82) is 0 Å². The van der Waals surface area contributed by atoms with Gasteiger partial charge in [-0.25, -0.2) is 9.97 Å². The number of amides is 1. The molecule has 6 heteroatoms. The van der Waals surface area contributed by atoms with Crippen LogP contribution < -0.4 is 10.6 Å². The normalized spacial score (nSPS) is 13.7. The molecule has 1 aliphatic rings. The fourth-order valence-electron chi connectivity index (χ4n) is 3.12. The number of allylic oxidation sites excluding steroid dienone is 1. The molecule has 2 aromatic rings. The van der Waals surface area contributed by atoms with Gasteiger partial charge in [-0.1, -0.05) is 35.4 Å². The van der Waals surface area contributed by atoms with E-state index < -0.39 is 0 Å². The van der Waals surface area contributed by atoms with Crippen LogP contribution in [0.3, 0.4) is 0 Å². The molecule has 1 heterocycles. The molecular weight excluding hydrogens is 360 g/mol. The number of hydrogen-bond acceptors (Lipinski definition) is 4. The van der Waals surface area contributed by atoms with Crippen LogP contribution in [0.15, 0.2) is 48.3 Å². The Hall–Kier alpha value is -2.40. The Labute approximate surface area is 165 Å². The topological polar surface area (TPSA) is 66.9 Å². The molecule has 0 aliphatic heterocycles. The molecule has 1 amide bonds. The van der Waals surface area contributed by atoms with Gasteiger partial charge < -0.3 is 10.6 Å². The van der Waals surface area contributed by atoms with E-state index in [1.807, 2.05) is 24.3 Å². The van der Waals surface area contributed by atoms with Gasteiger partial charge in [0.05, 0.1) is 5.56 Å². The van der Waals surface area contributed by atoms with Gasteiger partial charge in [0.15, 0.2) is 0 Å². The van der Waals surface area contributed by atoms with E-state index in [1.165, 1.54) is 24.8 Å². The summed E-state index contributed by atoms with van der Waals surface area (Å²) in [5.41, 5.74) is 3.09. The molecule has 1 aromatic heterocycles. The number of halogens is 1. The second-order valence-electron chi connectivity index (χ2n) is 6.72. The minimum absolute atomic E-state index is 0.128. The summed E-state index contributed by atoms with van der Waals surface area (Å²) in [5, 5.41) is 6.84. The first-order chi connectivity index (χ1) is 13.2. The summed E-state index contributed by atoms with van der Waals surface area (Å²) in [6, 6.07) is 7.77. The summed E-state index contributed by atoms with van der Waals surface area (Å²) >= 11 is 5.98. The molecule has 0 saturated heterocycles. The van der Waals surface area contributed by atoms with E-state index in [2.05, 4.69) is 26.7 Å². The van der Waals surface area contributed by atoms with E-state index in [-0.39, 0.29) is 5.91 Å². The summed E-state index contributed by atoms with van der Waals surface area (Å²) in [5.74, 6) is 0.387. The van der Waals surface area contributed by atoms with Gasteiger partial charge >= 0.3 is 0 Å². The molecule has 1 aliphatic carbocycles. The number of carbonyl (C=O) groups excluding carboxylic acids is 1. The van der Waals surface area contributed by atoms with E-state index in [0.717, 1.165) is 29.8 Å². The number of benzene rings is 1. The predicted octanol–water partition coefficient (Wildman–Crippen LogP) is 4.40. The zero-order chi connectivity index (χ0) is 18.9. The molecule has 2 N–H and O–H groups in total. The fourth-order valence-corrected chi connectivity index (χ4v) is 3.33. The van der Waals surface area contributed by atoms with Crippen molar-refractivity contribution in [2.24, 2.45) is 0 Å². The van der Waals surface area contributed by atoms with Crippen LogP contribution in [0.5, 0.6) is 0 Å². The lowest BCUT2D eigenvalue weighted by molar-refractivity contribution is 0.0953. The van der Waals surface area contributed by atoms with Crippen molar-refractivity contribution in [3.8, 4) is 0 Å². The number of nitrogens with zero attached hydrogens (tertiary/aromatic N) is 2. The van der Waals surface area contributed by atoms with Crippen LogP contribution in [0.4, 0.5) is 5.95 Å². The largest absolute Gasteiger partial charge is 0.354 e. The number of rotatable bonds is 8. The molecule has 142 valence electrons. The third-order valence-electron chi connectivity index (χ3n) is 4.62. The molecule has 1 aromatic carbocycles.